The maximum absolute atomic E-state index is 8.62. The van der Waals surface area contributed by atoms with Crippen molar-refractivity contribution in [3.63, 3.8) is 0 Å². The van der Waals surface area contributed by atoms with Crippen LogP contribution in [0.5, 0.6) is 0 Å². The Hall–Kier alpha value is -1.30. The lowest BCUT2D eigenvalue weighted by Crippen LogP contribution is -2.01. The molecule has 1 rings (SSSR count). The summed E-state index contributed by atoms with van der Waals surface area (Å²) in [4.78, 5) is 4.43. The predicted molar refractivity (Wildman–Crippen MR) is 51.3 cm³/mol. The fourth-order valence-corrected chi connectivity index (χ4v) is 1.50. The molecule has 0 amide bonds. The molecule has 3 nitrogen and oxygen atoms in total. The third-order valence-corrected chi connectivity index (χ3v) is 2.23. The zero-order chi connectivity index (χ0) is 9.84. The van der Waals surface area contributed by atoms with Gasteiger partial charge in [-0.2, -0.15) is 5.26 Å². The Labute approximate surface area is 79.0 Å². The highest BCUT2D eigenvalue weighted by Crippen LogP contribution is 2.11. The van der Waals surface area contributed by atoms with Gasteiger partial charge >= 0.3 is 0 Å². The number of hydrogen-bond acceptors (Lipinski definition) is 2. The molecule has 0 fully saturated rings. The van der Waals surface area contributed by atoms with Gasteiger partial charge in [-0.05, 0) is 13.3 Å². The normalized spacial score (nSPS) is 10.0. The second-order valence-corrected chi connectivity index (χ2v) is 3.20. The number of imidazole rings is 1. The number of aromatic nitrogens is 2. The largest absolute Gasteiger partial charge is 0.334 e. The summed E-state index contributed by atoms with van der Waals surface area (Å²) in [5.74, 6) is 1.09. The second kappa shape index (κ2) is 4.08. The third-order valence-electron chi connectivity index (χ3n) is 2.23. The van der Waals surface area contributed by atoms with Gasteiger partial charge in [0, 0.05) is 13.5 Å². The van der Waals surface area contributed by atoms with Crippen LogP contribution in [0.4, 0.5) is 0 Å². The Morgan fingerprint density at radius 2 is 2.23 bits per heavy atom. The van der Waals surface area contributed by atoms with Gasteiger partial charge in [0.25, 0.3) is 0 Å². The summed E-state index contributed by atoms with van der Waals surface area (Å²) in [6.45, 7) is 4.10. The zero-order valence-corrected chi connectivity index (χ0v) is 8.46. The molecule has 0 spiro atoms. The minimum absolute atomic E-state index is 0.457. The molecule has 1 aromatic heterocycles. The maximum atomic E-state index is 8.62. The molecule has 1 aromatic rings. The van der Waals surface area contributed by atoms with Gasteiger partial charge in [0.2, 0.25) is 0 Å². The van der Waals surface area contributed by atoms with Crippen molar-refractivity contribution in [2.24, 2.45) is 7.05 Å². The topological polar surface area (TPSA) is 41.6 Å². The van der Waals surface area contributed by atoms with E-state index in [1.54, 1.807) is 0 Å². The first-order valence-electron chi connectivity index (χ1n) is 4.58. The zero-order valence-electron chi connectivity index (χ0n) is 8.46. The van der Waals surface area contributed by atoms with Gasteiger partial charge in [0.15, 0.2) is 0 Å². The first kappa shape index (κ1) is 9.79. The molecule has 0 aliphatic rings. The summed E-state index contributed by atoms with van der Waals surface area (Å²) < 4.78 is 2.04. The van der Waals surface area contributed by atoms with E-state index < -0.39 is 0 Å². The van der Waals surface area contributed by atoms with Crippen LogP contribution in [0.2, 0.25) is 0 Å². The number of aryl methyl sites for hydroxylation is 2. The van der Waals surface area contributed by atoms with E-state index in [1.165, 1.54) is 0 Å². The average Bonchev–Trinajstić information content (AvgIpc) is 2.34. The Morgan fingerprint density at radius 3 is 2.77 bits per heavy atom. The van der Waals surface area contributed by atoms with Crippen LogP contribution in [-0.2, 0) is 19.9 Å². The van der Waals surface area contributed by atoms with Crippen LogP contribution >= 0.6 is 0 Å². The molecule has 0 unspecified atom stereocenters. The summed E-state index contributed by atoms with van der Waals surface area (Å²) in [6, 6.07) is 2.16. The van der Waals surface area contributed by atoms with Gasteiger partial charge in [-0.3, -0.25) is 0 Å². The van der Waals surface area contributed by atoms with Crippen molar-refractivity contribution in [1.82, 2.24) is 9.55 Å². The smallest absolute Gasteiger partial charge is 0.108 e. The van der Waals surface area contributed by atoms with E-state index in [9.17, 15) is 0 Å². The van der Waals surface area contributed by atoms with E-state index in [-0.39, 0.29) is 0 Å². The fraction of sp³-hybridized carbons (Fsp3) is 0.600. The monoisotopic (exact) mass is 177 g/mol. The molecule has 0 radical (unpaired) electrons. The molecule has 3 heteroatoms. The summed E-state index contributed by atoms with van der Waals surface area (Å²) in [5.41, 5.74) is 2.04. The quantitative estimate of drug-likeness (QED) is 0.705. The second-order valence-electron chi connectivity index (χ2n) is 3.20. The van der Waals surface area contributed by atoms with E-state index in [4.69, 9.17) is 5.26 Å². The first-order chi connectivity index (χ1) is 6.20. The van der Waals surface area contributed by atoms with Crippen LogP contribution in [0.1, 0.15) is 30.6 Å². The van der Waals surface area contributed by atoms with Crippen molar-refractivity contribution in [2.45, 2.75) is 33.1 Å². The molecule has 0 bridgehead atoms. The van der Waals surface area contributed by atoms with E-state index in [0.29, 0.717) is 6.42 Å². The molecule has 70 valence electrons. The van der Waals surface area contributed by atoms with Gasteiger partial charge in [0.05, 0.1) is 23.9 Å². The van der Waals surface area contributed by atoms with E-state index in [0.717, 1.165) is 30.1 Å². The highest BCUT2D eigenvalue weighted by Gasteiger charge is 2.09. The summed E-state index contributed by atoms with van der Waals surface area (Å²) in [5, 5.41) is 8.62. The predicted octanol–water partition coefficient (Wildman–Crippen LogP) is 1.75. The molecule has 0 aliphatic carbocycles. The fourth-order valence-electron chi connectivity index (χ4n) is 1.50. The summed E-state index contributed by atoms with van der Waals surface area (Å²) in [6.07, 6.45) is 2.54. The van der Waals surface area contributed by atoms with Gasteiger partial charge in [-0.1, -0.05) is 6.92 Å². The van der Waals surface area contributed by atoms with Crippen LogP contribution < -0.4 is 0 Å². The Kier molecular flexibility index (Phi) is 3.07. The molecule has 0 aromatic carbocycles. The molecule has 0 N–H and O–H groups in total. The van der Waals surface area contributed by atoms with Crippen LogP contribution in [-0.4, -0.2) is 9.55 Å². The molecule has 0 saturated carbocycles. The van der Waals surface area contributed by atoms with Gasteiger partial charge in [-0.15, -0.1) is 0 Å². The molecule has 0 aliphatic heterocycles. The minimum Gasteiger partial charge on any atom is -0.334 e. The number of rotatable bonds is 3. The Balaban J connectivity index is 3.01. The van der Waals surface area contributed by atoms with Crippen LogP contribution in [0, 0.1) is 18.3 Å². The molecule has 0 saturated heterocycles. The highest BCUT2D eigenvalue weighted by molar-refractivity contribution is 5.18. The average molecular weight is 177 g/mol. The van der Waals surface area contributed by atoms with E-state index in [1.807, 2.05) is 18.5 Å². The minimum atomic E-state index is 0.457. The van der Waals surface area contributed by atoms with Crippen molar-refractivity contribution in [2.75, 3.05) is 0 Å². The third kappa shape index (κ3) is 1.89. The standard InChI is InChI=1S/C10H15N3/c1-4-5-10-12-8(2)9(6-7-11)13(10)3/h4-6H2,1-3H3. The van der Waals surface area contributed by atoms with Crippen LogP contribution in [0.25, 0.3) is 0 Å². The van der Waals surface area contributed by atoms with Gasteiger partial charge in [0.1, 0.15) is 5.82 Å². The highest BCUT2D eigenvalue weighted by atomic mass is 15.1. The Morgan fingerprint density at radius 1 is 1.54 bits per heavy atom. The van der Waals surface area contributed by atoms with Crippen molar-refractivity contribution in [3.05, 3.63) is 17.2 Å². The lowest BCUT2D eigenvalue weighted by Gasteiger charge is -2.01. The lowest BCUT2D eigenvalue weighted by molar-refractivity contribution is 0.738. The molecular formula is C10H15N3. The first-order valence-corrected chi connectivity index (χ1v) is 4.58. The molecule has 1 heterocycles. The number of hydrogen-bond donors (Lipinski definition) is 0. The van der Waals surface area contributed by atoms with Crippen LogP contribution in [0.15, 0.2) is 0 Å². The van der Waals surface area contributed by atoms with Crippen molar-refractivity contribution in [3.8, 4) is 6.07 Å². The maximum Gasteiger partial charge on any atom is 0.108 e. The van der Waals surface area contributed by atoms with E-state index in [2.05, 4.69) is 18.0 Å². The summed E-state index contributed by atoms with van der Waals surface area (Å²) in [7, 11) is 1.98. The number of nitrogens with zero attached hydrogens (tertiary/aromatic N) is 3. The Bertz CT molecular complexity index is 331. The van der Waals surface area contributed by atoms with Crippen molar-refractivity contribution >= 4 is 0 Å². The van der Waals surface area contributed by atoms with Gasteiger partial charge < -0.3 is 4.57 Å². The molecule has 0 atom stereocenters. The van der Waals surface area contributed by atoms with Crippen LogP contribution in [0.3, 0.4) is 0 Å². The van der Waals surface area contributed by atoms with Crippen molar-refractivity contribution < 1.29 is 0 Å². The van der Waals surface area contributed by atoms with Crippen molar-refractivity contribution in [1.29, 1.82) is 5.26 Å². The molecular weight excluding hydrogens is 162 g/mol. The van der Waals surface area contributed by atoms with Gasteiger partial charge in [-0.25, -0.2) is 4.98 Å². The SMILES string of the molecule is CCCc1nc(C)c(CC#N)n1C. The number of nitriles is 1. The molecule has 13 heavy (non-hydrogen) atoms. The summed E-state index contributed by atoms with van der Waals surface area (Å²) >= 11 is 0. The lowest BCUT2D eigenvalue weighted by atomic mass is 10.3. The van der Waals surface area contributed by atoms with E-state index >= 15 is 0 Å².